The first-order valence-corrected chi connectivity index (χ1v) is 9.14. The van der Waals surface area contributed by atoms with Gasteiger partial charge in [-0.2, -0.15) is 0 Å². The van der Waals surface area contributed by atoms with Crippen molar-refractivity contribution in [1.82, 2.24) is 15.3 Å². The Hall–Kier alpha value is -2.43. The van der Waals surface area contributed by atoms with Crippen LogP contribution in [0.15, 0.2) is 36.7 Å². The van der Waals surface area contributed by atoms with Crippen molar-refractivity contribution < 1.29 is 4.79 Å². The van der Waals surface area contributed by atoms with Crippen molar-refractivity contribution in [1.29, 1.82) is 0 Å². The van der Waals surface area contributed by atoms with E-state index >= 15 is 0 Å². The average Bonchev–Trinajstić information content (AvgIpc) is 2.64. The second kappa shape index (κ2) is 8.10. The van der Waals surface area contributed by atoms with Crippen molar-refractivity contribution >= 4 is 17.5 Å². The van der Waals surface area contributed by atoms with Gasteiger partial charge in [-0.3, -0.25) is 4.79 Å². The first-order chi connectivity index (χ1) is 12.2. The maximum absolute atomic E-state index is 12.4. The van der Waals surface area contributed by atoms with E-state index in [2.05, 4.69) is 41.3 Å². The minimum atomic E-state index is -0.0722. The third kappa shape index (κ3) is 4.35. The summed E-state index contributed by atoms with van der Waals surface area (Å²) in [6.07, 6.45) is 9.06. The molecule has 0 aliphatic heterocycles. The summed E-state index contributed by atoms with van der Waals surface area (Å²) >= 11 is 0. The lowest BCUT2D eigenvalue weighted by molar-refractivity contribution is 0.0927. The van der Waals surface area contributed by atoms with Crippen LogP contribution in [0.1, 0.15) is 54.9 Å². The first kappa shape index (κ1) is 17.4. The fraction of sp³-hybridized carbons (Fsp3) is 0.450. The minimum absolute atomic E-state index is 0.0722. The maximum Gasteiger partial charge on any atom is 0.254 e. The molecule has 3 rings (SSSR count). The van der Waals surface area contributed by atoms with E-state index in [4.69, 9.17) is 0 Å². The Kier molecular flexibility index (Phi) is 5.64. The predicted octanol–water partition coefficient (Wildman–Crippen LogP) is 4.01. The quantitative estimate of drug-likeness (QED) is 0.895. The lowest BCUT2D eigenvalue weighted by Gasteiger charge is -2.23. The van der Waals surface area contributed by atoms with Crippen molar-refractivity contribution in [3.8, 4) is 0 Å². The van der Waals surface area contributed by atoms with Crippen molar-refractivity contribution in [2.75, 3.05) is 11.4 Å². The van der Waals surface area contributed by atoms with Gasteiger partial charge in [0.05, 0.1) is 5.56 Å². The third-order valence-electron chi connectivity index (χ3n) is 4.71. The number of carbonyl (C=O) groups is 1. The zero-order valence-corrected chi connectivity index (χ0v) is 15.0. The standard InChI is InChI=1S/C20H26N4O/c1-3-24(18-11-7-8-15(2)12-18)20-21-13-16(14-22-20)19(25)23-17-9-5-4-6-10-17/h7-8,11-14,17H,3-6,9-10H2,1-2H3,(H,23,25). The molecule has 1 amide bonds. The molecule has 25 heavy (non-hydrogen) atoms. The fourth-order valence-electron chi connectivity index (χ4n) is 3.33. The molecule has 0 atom stereocenters. The molecule has 0 radical (unpaired) electrons. The van der Waals surface area contributed by atoms with E-state index in [0.29, 0.717) is 17.6 Å². The monoisotopic (exact) mass is 338 g/mol. The zero-order chi connectivity index (χ0) is 17.6. The van der Waals surface area contributed by atoms with Crippen LogP contribution in [0, 0.1) is 6.92 Å². The van der Waals surface area contributed by atoms with Gasteiger partial charge in [-0.15, -0.1) is 0 Å². The second-order valence-corrected chi connectivity index (χ2v) is 6.66. The molecule has 5 heteroatoms. The van der Waals surface area contributed by atoms with Gasteiger partial charge >= 0.3 is 0 Å². The van der Waals surface area contributed by atoms with E-state index in [0.717, 1.165) is 25.1 Å². The third-order valence-corrected chi connectivity index (χ3v) is 4.71. The number of aromatic nitrogens is 2. The molecule has 1 heterocycles. The van der Waals surface area contributed by atoms with Gasteiger partial charge in [0.2, 0.25) is 5.95 Å². The number of benzene rings is 1. The Balaban J connectivity index is 1.71. The van der Waals surface area contributed by atoms with Crippen LogP contribution in [0.3, 0.4) is 0 Å². The van der Waals surface area contributed by atoms with Gasteiger partial charge in [0.1, 0.15) is 0 Å². The van der Waals surface area contributed by atoms with E-state index in [1.54, 1.807) is 12.4 Å². The van der Waals surface area contributed by atoms with E-state index in [-0.39, 0.29) is 5.91 Å². The van der Waals surface area contributed by atoms with E-state index in [1.807, 2.05) is 17.0 Å². The van der Waals surface area contributed by atoms with Gasteiger partial charge in [-0.1, -0.05) is 31.4 Å². The highest BCUT2D eigenvalue weighted by molar-refractivity contribution is 5.93. The molecule has 1 aliphatic carbocycles. The van der Waals surface area contributed by atoms with Crippen molar-refractivity contribution in [2.24, 2.45) is 0 Å². The highest BCUT2D eigenvalue weighted by atomic mass is 16.1. The zero-order valence-electron chi connectivity index (χ0n) is 15.0. The number of carbonyl (C=O) groups excluding carboxylic acids is 1. The first-order valence-electron chi connectivity index (χ1n) is 9.14. The largest absolute Gasteiger partial charge is 0.349 e. The molecule has 5 nitrogen and oxygen atoms in total. The summed E-state index contributed by atoms with van der Waals surface area (Å²) in [5, 5.41) is 3.10. The highest BCUT2D eigenvalue weighted by Gasteiger charge is 2.18. The summed E-state index contributed by atoms with van der Waals surface area (Å²) in [6.45, 7) is 4.89. The van der Waals surface area contributed by atoms with Crippen LogP contribution in [-0.2, 0) is 0 Å². The average molecular weight is 338 g/mol. The topological polar surface area (TPSA) is 58.1 Å². The predicted molar refractivity (Wildman–Crippen MR) is 100 cm³/mol. The van der Waals surface area contributed by atoms with E-state index in [9.17, 15) is 4.79 Å². The van der Waals surface area contributed by atoms with Crippen molar-refractivity contribution in [2.45, 2.75) is 52.0 Å². The summed E-state index contributed by atoms with van der Waals surface area (Å²) in [5.74, 6) is 0.541. The highest BCUT2D eigenvalue weighted by Crippen LogP contribution is 2.22. The van der Waals surface area contributed by atoms with Gasteiger partial charge in [0.15, 0.2) is 0 Å². The number of nitrogens with zero attached hydrogens (tertiary/aromatic N) is 3. The van der Waals surface area contributed by atoms with Crippen LogP contribution in [0.4, 0.5) is 11.6 Å². The molecule has 1 fully saturated rings. The van der Waals surface area contributed by atoms with Gasteiger partial charge in [0.25, 0.3) is 5.91 Å². The van der Waals surface area contributed by atoms with E-state index in [1.165, 1.54) is 24.8 Å². The number of aryl methyl sites for hydroxylation is 1. The number of rotatable bonds is 5. The number of hydrogen-bond donors (Lipinski definition) is 1. The molecule has 132 valence electrons. The Bertz CT molecular complexity index is 708. The van der Waals surface area contributed by atoms with Crippen LogP contribution in [0.25, 0.3) is 0 Å². The molecule has 1 saturated carbocycles. The Morgan fingerprint density at radius 1 is 1.20 bits per heavy atom. The Morgan fingerprint density at radius 3 is 2.56 bits per heavy atom. The molecule has 1 aromatic carbocycles. The van der Waals surface area contributed by atoms with Gasteiger partial charge in [-0.05, 0) is 44.4 Å². The minimum Gasteiger partial charge on any atom is -0.349 e. The number of nitrogens with one attached hydrogen (secondary N) is 1. The van der Waals surface area contributed by atoms with Crippen molar-refractivity contribution in [3.05, 3.63) is 47.8 Å². The van der Waals surface area contributed by atoms with Gasteiger partial charge in [-0.25, -0.2) is 9.97 Å². The summed E-state index contributed by atoms with van der Waals surface area (Å²) < 4.78 is 0. The number of amides is 1. The number of hydrogen-bond acceptors (Lipinski definition) is 4. The van der Waals surface area contributed by atoms with Crippen LogP contribution in [0.2, 0.25) is 0 Å². The lowest BCUT2D eigenvalue weighted by Crippen LogP contribution is -2.36. The molecule has 0 bridgehead atoms. The molecular formula is C20H26N4O. The molecular weight excluding hydrogens is 312 g/mol. The molecule has 1 aliphatic rings. The van der Waals surface area contributed by atoms with Crippen LogP contribution in [0.5, 0.6) is 0 Å². The normalized spacial score (nSPS) is 15.0. The van der Waals surface area contributed by atoms with Crippen LogP contribution < -0.4 is 10.2 Å². The summed E-state index contributed by atoms with van der Waals surface area (Å²) in [5.41, 5.74) is 2.77. The second-order valence-electron chi connectivity index (χ2n) is 6.66. The Labute approximate surface area is 149 Å². The molecule has 0 unspecified atom stereocenters. The summed E-state index contributed by atoms with van der Waals surface area (Å²) in [4.78, 5) is 23.3. The van der Waals surface area contributed by atoms with Crippen molar-refractivity contribution in [3.63, 3.8) is 0 Å². The summed E-state index contributed by atoms with van der Waals surface area (Å²) in [6, 6.07) is 8.54. The smallest absolute Gasteiger partial charge is 0.254 e. The maximum atomic E-state index is 12.4. The van der Waals surface area contributed by atoms with Crippen LogP contribution in [-0.4, -0.2) is 28.5 Å². The molecule has 1 aromatic heterocycles. The molecule has 0 saturated heterocycles. The fourth-order valence-corrected chi connectivity index (χ4v) is 3.33. The SMILES string of the molecule is CCN(c1cccc(C)c1)c1ncc(C(=O)NC2CCCCC2)cn1. The van der Waals surface area contributed by atoms with Gasteiger partial charge in [0, 0.05) is 30.7 Å². The molecule has 1 N–H and O–H groups in total. The lowest BCUT2D eigenvalue weighted by atomic mass is 9.95. The molecule has 0 spiro atoms. The Morgan fingerprint density at radius 2 is 1.92 bits per heavy atom. The van der Waals surface area contributed by atoms with Gasteiger partial charge < -0.3 is 10.2 Å². The van der Waals surface area contributed by atoms with E-state index < -0.39 is 0 Å². The molecule has 2 aromatic rings. The number of anilines is 2. The summed E-state index contributed by atoms with van der Waals surface area (Å²) in [7, 11) is 0. The van der Waals surface area contributed by atoms with Crippen LogP contribution >= 0.6 is 0 Å².